The van der Waals surface area contributed by atoms with E-state index in [4.69, 9.17) is 4.74 Å². The third kappa shape index (κ3) is 2.61. The molecule has 2 atom stereocenters. The maximum atomic E-state index is 11.1. The molecule has 1 aliphatic rings. The molecule has 1 aliphatic heterocycles. The van der Waals surface area contributed by atoms with Crippen LogP contribution in [0, 0.1) is 23.0 Å². The molecule has 1 fully saturated rings. The van der Waals surface area contributed by atoms with Crippen LogP contribution < -0.4 is 5.32 Å². The first-order valence-corrected chi connectivity index (χ1v) is 6.18. The van der Waals surface area contributed by atoms with E-state index in [0.717, 1.165) is 19.6 Å². The lowest BCUT2D eigenvalue weighted by molar-refractivity contribution is -0.384. The van der Waals surface area contributed by atoms with Gasteiger partial charge in [0.25, 0.3) is 5.69 Å². The molecular weight excluding hydrogens is 232 g/mol. The minimum atomic E-state index is -0.324. The summed E-state index contributed by atoms with van der Waals surface area (Å²) in [4.78, 5) is 10.8. The number of para-hydroxylation sites is 1. The number of hydrogen-bond donors (Lipinski definition) is 1. The number of benzene rings is 1. The van der Waals surface area contributed by atoms with Crippen molar-refractivity contribution in [3.05, 3.63) is 33.9 Å². The summed E-state index contributed by atoms with van der Waals surface area (Å²) in [6.07, 6.45) is 1.01. The molecule has 1 aromatic rings. The molecular formula is C13H18N2O3. The van der Waals surface area contributed by atoms with E-state index in [9.17, 15) is 10.1 Å². The highest BCUT2D eigenvalue weighted by Crippen LogP contribution is 2.30. The van der Waals surface area contributed by atoms with Gasteiger partial charge in [-0.25, -0.2) is 0 Å². The van der Waals surface area contributed by atoms with Crippen molar-refractivity contribution in [1.82, 2.24) is 0 Å². The molecule has 18 heavy (non-hydrogen) atoms. The van der Waals surface area contributed by atoms with Crippen molar-refractivity contribution in [3.8, 4) is 0 Å². The molecule has 5 nitrogen and oxygen atoms in total. The Labute approximate surface area is 106 Å². The number of aryl methyl sites for hydroxylation is 1. The van der Waals surface area contributed by atoms with Crippen LogP contribution in [0.3, 0.4) is 0 Å². The number of rotatable bonds is 4. The van der Waals surface area contributed by atoms with Gasteiger partial charge in [-0.3, -0.25) is 10.1 Å². The van der Waals surface area contributed by atoms with Crippen LogP contribution in [0.25, 0.3) is 0 Å². The topological polar surface area (TPSA) is 64.4 Å². The maximum absolute atomic E-state index is 11.1. The van der Waals surface area contributed by atoms with Crippen molar-refractivity contribution in [2.24, 2.45) is 5.92 Å². The summed E-state index contributed by atoms with van der Waals surface area (Å²) in [5, 5.41) is 14.3. The average Bonchev–Trinajstić information content (AvgIpc) is 2.81. The third-order valence-corrected chi connectivity index (χ3v) is 3.48. The number of nitrogens with one attached hydrogen (secondary N) is 1. The second-order valence-corrected chi connectivity index (χ2v) is 4.78. The van der Waals surface area contributed by atoms with E-state index in [1.54, 1.807) is 19.1 Å². The molecule has 1 N–H and O–H groups in total. The van der Waals surface area contributed by atoms with E-state index in [0.29, 0.717) is 17.2 Å². The predicted molar refractivity (Wildman–Crippen MR) is 69.8 cm³/mol. The quantitative estimate of drug-likeness (QED) is 0.659. The molecule has 0 aliphatic carbocycles. The zero-order valence-corrected chi connectivity index (χ0v) is 10.7. The number of nitro groups is 1. The Balaban J connectivity index is 2.17. The Morgan fingerprint density at radius 1 is 1.56 bits per heavy atom. The maximum Gasteiger partial charge on any atom is 0.295 e. The van der Waals surface area contributed by atoms with Gasteiger partial charge in [0, 0.05) is 24.1 Å². The normalized spacial score (nSPS) is 20.7. The molecule has 0 amide bonds. The third-order valence-electron chi connectivity index (χ3n) is 3.48. The van der Waals surface area contributed by atoms with Crippen molar-refractivity contribution in [2.45, 2.75) is 26.3 Å². The monoisotopic (exact) mass is 250 g/mol. The summed E-state index contributed by atoms with van der Waals surface area (Å²) in [7, 11) is 0. The Kier molecular flexibility index (Phi) is 3.81. The largest absolute Gasteiger partial charge is 0.381 e. The zero-order chi connectivity index (χ0) is 13.1. The minimum absolute atomic E-state index is 0.170. The van der Waals surface area contributed by atoms with Crippen LogP contribution in [-0.4, -0.2) is 24.2 Å². The van der Waals surface area contributed by atoms with E-state index in [1.165, 1.54) is 0 Å². The van der Waals surface area contributed by atoms with Crippen LogP contribution in [0.2, 0.25) is 0 Å². The van der Waals surface area contributed by atoms with Crippen LogP contribution >= 0.6 is 0 Å². The number of nitrogens with zero attached hydrogens (tertiary/aromatic N) is 1. The molecule has 2 rings (SSSR count). The smallest absolute Gasteiger partial charge is 0.295 e. The summed E-state index contributed by atoms with van der Waals surface area (Å²) in [6.45, 7) is 5.32. The van der Waals surface area contributed by atoms with Crippen molar-refractivity contribution >= 4 is 11.4 Å². The van der Waals surface area contributed by atoms with Crippen LogP contribution in [0.1, 0.15) is 18.9 Å². The Morgan fingerprint density at radius 3 is 2.94 bits per heavy atom. The SMILES string of the molecule is Cc1cccc(NC(C)C2CCOC2)c1[N+](=O)[O-]. The summed E-state index contributed by atoms with van der Waals surface area (Å²) in [5.74, 6) is 0.421. The summed E-state index contributed by atoms with van der Waals surface area (Å²) < 4.78 is 5.34. The lowest BCUT2D eigenvalue weighted by atomic mass is 10.00. The predicted octanol–water partition coefficient (Wildman–Crippen LogP) is 2.74. The molecule has 2 unspecified atom stereocenters. The van der Waals surface area contributed by atoms with Gasteiger partial charge in [0.05, 0.1) is 11.5 Å². The van der Waals surface area contributed by atoms with E-state index >= 15 is 0 Å². The van der Waals surface area contributed by atoms with Gasteiger partial charge >= 0.3 is 0 Å². The fourth-order valence-electron chi connectivity index (χ4n) is 2.33. The van der Waals surface area contributed by atoms with Gasteiger partial charge in [-0.05, 0) is 26.3 Å². The van der Waals surface area contributed by atoms with Crippen LogP contribution in [0.5, 0.6) is 0 Å². The number of anilines is 1. The Morgan fingerprint density at radius 2 is 2.33 bits per heavy atom. The van der Waals surface area contributed by atoms with Crippen LogP contribution in [0.4, 0.5) is 11.4 Å². The molecule has 1 heterocycles. The highest BCUT2D eigenvalue weighted by atomic mass is 16.6. The second-order valence-electron chi connectivity index (χ2n) is 4.78. The Hall–Kier alpha value is -1.62. The van der Waals surface area contributed by atoms with Gasteiger partial charge in [-0.1, -0.05) is 12.1 Å². The first-order valence-electron chi connectivity index (χ1n) is 6.18. The minimum Gasteiger partial charge on any atom is -0.381 e. The molecule has 0 bridgehead atoms. The number of hydrogen-bond acceptors (Lipinski definition) is 4. The number of ether oxygens (including phenoxy) is 1. The second kappa shape index (κ2) is 5.35. The fraction of sp³-hybridized carbons (Fsp3) is 0.538. The fourth-order valence-corrected chi connectivity index (χ4v) is 2.33. The van der Waals surface area contributed by atoms with Crippen molar-refractivity contribution in [3.63, 3.8) is 0 Å². The summed E-state index contributed by atoms with van der Waals surface area (Å²) >= 11 is 0. The summed E-state index contributed by atoms with van der Waals surface area (Å²) in [5.41, 5.74) is 1.45. The van der Waals surface area contributed by atoms with E-state index in [2.05, 4.69) is 5.32 Å². The molecule has 0 radical (unpaired) electrons. The van der Waals surface area contributed by atoms with Gasteiger partial charge in [-0.15, -0.1) is 0 Å². The van der Waals surface area contributed by atoms with Crippen molar-refractivity contribution in [2.75, 3.05) is 18.5 Å². The molecule has 98 valence electrons. The highest BCUT2D eigenvalue weighted by Gasteiger charge is 2.25. The van der Waals surface area contributed by atoms with Gasteiger partial charge in [-0.2, -0.15) is 0 Å². The van der Waals surface area contributed by atoms with Gasteiger partial charge < -0.3 is 10.1 Å². The van der Waals surface area contributed by atoms with Gasteiger partial charge in [0.15, 0.2) is 0 Å². The molecule has 1 saturated heterocycles. The Bertz CT molecular complexity index is 442. The lowest BCUT2D eigenvalue weighted by Crippen LogP contribution is -2.26. The first-order chi connectivity index (χ1) is 8.59. The summed E-state index contributed by atoms with van der Waals surface area (Å²) in [6, 6.07) is 5.53. The zero-order valence-electron chi connectivity index (χ0n) is 10.7. The first kappa shape index (κ1) is 12.8. The molecule has 5 heteroatoms. The van der Waals surface area contributed by atoms with Crippen molar-refractivity contribution in [1.29, 1.82) is 0 Å². The molecule has 1 aromatic carbocycles. The van der Waals surface area contributed by atoms with Gasteiger partial charge in [0.2, 0.25) is 0 Å². The highest BCUT2D eigenvalue weighted by molar-refractivity contribution is 5.65. The molecule has 0 aromatic heterocycles. The van der Waals surface area contributed by atoms with Crippen LogP contribution in [0.15, 0.2) is 18.2 Å². The van der Waals surface area contributed by atoms with E-state index in [1.807, 2.05) is 13.0 Å². The lowest BCUT2D eigenvalue weighted by Gasteiger charge is -2.20. The van der Waals surface area contributed by atoms with E-state index < -0.39 is 0 Å². The standard InChI is InChI=1S/C13H18N2O3/c1-9-4-3-5-12(13(9)15(16)17)14-10(2)11-6-7-18-8-11/h3-5,10-11,14H,6-8H2,1-2H3. The van der Waals surface area contributed by atoms with E-state index in [-0.39, 0.29) is 16.7 Å². The number of nitro benzene ring substituents is 1. The van der Waals surface area contributed by atoms with Crippen molar-refractivity contribution < 1.29 is 9.66 Å². The average molecular weight is 250 g/mol. The van der Waals surface area contributed by atoms with Gasteiger partial charge in [0.1, 0.15) is 5.69 Å². The molecule has 0 spiro atoms. The van der Waals surface area contributed by atoms with Crippen LogP contribution in [-0.2, 0) is 4.74 Å². The molecule has 0 saturated carbocycles.